The molecule has 2 atom stereocenters. The Morgan fingerprint density at radius 2 is 1.23 bits per heavy atom. The number of aromatic nitrogens is 1. The molecule has 0 spiro atoms. The average molecular weight is 855 g/mol. The first kappa shape index (κ1) is 55.8. The molecule has 0 fully saturated rings. The van der Waals surface area contributed by atoms with Crippen molar-refractivity contribution in [3.05, 3.63) is 124 Å². The molecule has 0 saturated heterocycles. The number of nitrogens with one attached hydrogen (secondary N) is 1. The highest BCUT2D eigenvalue weighted by Crippen LogP contribution is 2.50. The first-order chi connectivity index (χ1) is 32.8. The molecule has 5 nitrogen and oxygen atoms in total. The van der Waals surface area contributed by atoms with Crippen molar-refractivity contribution in [2.75, 3.05) is 20.8 Å². The lowest BCUT2D eigenvalue weighted by Gasteiger charge is -2.48. The highest BCUT2D eigenvalue weighted by atomic mass is 19.1. The molecule has 2 unspecified atom stereocenters. The molecule has 5 aromatic rings. The van der Waals surface area contributed by atoms with E-state index >= 15 is 0 Å². The fraction of sp³-hybridized carbons (Fsp3) is 0.278. The highest BCUT2D eigenvalue weighted by molar-refractivity contribution is 8.25. The number of hydrogen-bond donors (Lipinski definition) is 1. The highest BCUT2D eigenvalue weighted by Gasteiger charge is 2.50. The van der Waals surface area contributed by atoms with Crippen LogP contribution in [0.25, 0.3) is 10.9 Å². The maximum absolute atomic E-state index is 14.0. The van der Waals surface area contributed by atoms with Gasteiger partial charge in [0, 0.05) is 221 Å². The van der Waals surface area contributed by atoms with Gasteiger partial charge in [0.1, 0.15) is 18.2 Å². The van der Waals surface area contributed by atoms with Crippen molar-refractivity contribution in [1.29, 1.82) is 0 Å². The smallest absolute Gasteiger partial charge is 0.162 e. The van der Waals surface area contributed by atoms with E-state index in [1.54, 1.807) is 26.4 Å². The summed E-state index contributed by atoms with van der Waals surface area (Å²) in [4.78, 5) is 6.29. The molecule has 1 aromatic heterocycles. The summed E-state index contributed by atoms with van der Waals surface area (Å²) in [6.07, 6.45) is -7.78. The molecule has 295 valence electrons. The fourth-order valence-electron chi connectivity index (χ4n) is 10.7. The Hall–Kier alpha value is -2.54. The summed E-state index contributed by atoms with van der Waals surface area (Å²) in [6.45, 7) is 3.51. The number of nitrogens with zero attached hydrogens (tertiary/aromatic N) is 1. The Balaban J connectivity index is 0.000000253. The van der Waals surface area contributed by atoms with Gasteiger partial charge in [-0.05, 0) is 95.1 Å². The zero-order chi connectivity index (χ0) is 50.4. The minimum atomic E-state index is -0.994. The predicted octanol–water partition coefficient (Wildman–Crippen LogP) is -2.57. The van der Waals surface area contributed by atoms with E-state index in [0.29, 0.717) is 6.61 Å². The quantitative estimate of drug-likeness (QED) is 0.0931. The molecule has 69 heavy (non-hydrogen) atoms. The molecular weight excluding hydrogens is 819 g/mol. The maximum Gasteiger partial charge on any atom is 0.162 e. The van der Waals surface area contributed by atoms with Gasteiger partial charge in [-0.1, -0.05) is 43.3 Å². The number of benzene rings is 4. The number of ether oxygens (including phenoxy) is 3. The molecule has 0 saturated carbocycles. The van der Waals surface area contributed by atoms with Crippen molar-refractivity contribution in [3.8, 4) is 17.2 Å². The van der Waals surface area contributed by atoms with Gasteiger partial charge in [-0.3, -0.25) is 4.90 Å². The third kappa shape index (κ3) is 12.6. The maximum atomic E-state index is 14.0. The second kappa shape index (κ2) is 24.9. The molecule has 7 rings (SSSR count). The Morgan fingerprint density at radius 3 is 1.75 bits per heavy atom. The molecule has 29 radical (unpaired) electrons. The van der Waals surface area contributed by atoms with Gasteiger partial charge in [0.05, 0.1) is 20.3 Å². The van der Waals surface area contributed by atoms with Gasteiger partial charge >= 0.3 is 0 Å². The first-order valence-corrected chi connectivity index (χ1v) is 23.3. The van der Waals surface area contributed by atoms with Crippen LogP contribution >= 0.6 is 0 Å². The van der Waals surface area contributed by atoms with Crippen LogP contribution in [0.1, 0.15) is 58.1 Å². The van der Waals surface area contributed by atoms with Crippen molar-refractivity contribution in [3.63, 3.8) is 0 Å². The van der Waals surface area contributed by atoms with Crippen LogP contribution in [0.3, 0.4) is 0 Å². The average Bonchev–Trinajstić information content (AvgIpc) is 3.68. The third-order valence-electron chi connectivity index (χ3n) is 14.1. The monoisotopic (exact) mass is 860 g/mol. The predicted molar refractivity (Wildman–Crippen MR) is 318 cm³/mol. The van der Waals surface area contributed by atoms with E-state index in [1.807, 2.05) is 18.2 Å². The minimum Gasteiger partial charge on any atom is -0.497 e. The lowest BCUT2D eigenvalue weighted by molar-refractivity contribution is 0.127. The van der Waals surface area contributed by atoms with E-state index in [9.17, 15) is 4.39 Å². The molecular formula is C36H35B27FN2O3. The van der Waals surface area contributed by atoms with Gasteiger partial charge in [0.15, 0.2) is 11.5 Å². The number of H-pyrrole nitrogens is 1. The van der Waals surface area contributed by atoms with Gasteiger partial charge in [-0.15, -0.1) is 0 Å². The Morgan fingerprint density at radius 1 is 0.667 bits per heavy atom. The second-order valence-corrected chi connectivity index (χ2v) is 18.4. The van der Waals surface area contributed by atoms with Crippen LogP contribution in [0.5, 0.6) is 17.2 Å². The number of methoxy groups -OCH3 is 2. The van der Waals surface area contributed by atoms with Crippen molar-refractivity contribution < 1.29 is 18.6 Å². The van der Waals surface area contributed by atoms with E-state index in [2.05, 4.69) is 65.3 Å². The second-order valence-electron chi connectivity index (χ2n) is 18.4. The molecule has 4 aromatic carbocycles. The summed E-state index contributed by atoms with van der Waals surface area (Å²) in [5.41, 5.74) is 9.59. The number of halogens is 1. The van der Waals surface area contributed by atoms with Crippen molar-refractivity contribution in [1.82, 2.24) is 9.88 Å². The SMILES string of the molecule is CCc1ccc(COc2cc3c(cc2OC)CCN2C3Cc3c([nH]c4ccc(OC)cc34)C2c2ccc(F)cc2)cc1.[B][B]B([B])B(B(B([B])[B])B([B])[B])B(B(B([B])[B])B([B])[B])B(B([B])[B])B([B])[B]. The third-order valence-corrected chi connectivity index (χ3v) is 14.1. The Kier molecular flexibility index (Phi) is 20.1. The van der Waals surface area contributed by atoms with Crippen LogP contribution in [0.4, 0.5) is 4.39 Å². The summed E-state index contributed by atoms with van der Waals surface area (Å²) in [7, 11) is 87.9. The van der Waals surface area contributed by atoms with E-state index < -0.39 is 76.6 Å². The number of fused-ring (bicyclic) bond motifs is 6. The van der Waals surface area contributed by atoms with E-state index in [1.165, 1.54) is 40.4 Å². The topological polar surface area (TPSA) is 46.7 Å². The zero-order valence-electron chi connectivity index (χ0n) is 39.8. The van der Waals surface area contributed by atoms with E-state index in [0.717, 1.165) is 59.7 Å². The summed E-state index contributed by atoms with van der Waals surface area (Å²) in [5, 5.41) is 1.17. The van der Waals surface area contributed by atoms with Crippen molar-refractivity contribution >= 4 is 203 Å². The molecule has 33 heteroatoms. The van der Waals surface area contributed by atoms with Gasteiger partial charge in [-0.2, -0.15) is 0 Å². The fourth-order valence-corrected chi connectivity index (χ4v) is 10.7. The van der Waals surface area contributed by atoms with Gasteiger partial charge in [0.25, 0.3) is 0 Å². The van der Waals surface area contributed by atoms with Crippen LogP contribution in [0.2, 0.25) is 0 Å². The normalized spacial score (nSPS) is 14.5. The van der Waals surface area contributed by atoms with E-state index in [-0.39, 0.29) is 17.9 Å². The van der Waals surface area contributed by atoms with Crippen LogP contribution in [0.15, 0.2) is 78.9 Å². The van der Waals surface area contributed by atoms with Crippen LogP contribution in [0, 0.1) is 5.82 Å². The molecule has 1 N–H and O–H groups in total. The summed E-state index contributed by atoms with van der Waals surface area (Å²) in [6, 6.07) is 26.2. The van der Waals surface area contributed by atoms with Crippen molar-refractivity contribution in [2.24, 2.45) is 0 Å². The number of rotatable bonds is 19. The standard InChI is InChI=1S/C36H35FN2O3.B27/c1-4-22-5-7-23(8-6-22)21-42-34-20-28-25(17-33(34)41-3)15-16-39-32(28)19-30-29-18-27(40-2)13-14-31(29)38-35(30)36(39)24-9-11-26(37)12-10-24;1-15-22(14)26(23(16(2)3)17(4)5)27(24(18(6)7)19(8)9)25(20(10)11)21(12)13/h5-14,17-18,20,32,36,38H,4,15-16,19,21H2,1-3H3;. The molecule has 2 aliphatic rings. The summed E-state index contributed by atoms with van der Waals surface area (Å²) < 4.78 is 31.8. The number of aromatic amines is 1. The zero-order valence-corrected chi connectivity index (χ0v) is 39.8. The van der Waals surface area contributed by atoms with Gasteiger partial charge in [-0.25, -0.2) is 4.39 Å². The number of hydrogen-bond acceptors (Lipinski definition) is 4. The van der Waals surface area contributed by atoms with Crippen molar-refractivity contribution in [2.45, 2.75) is 44.9 Å². The molecule has 3 heterocycles. The Bertz CT molecular complexity index is 2390. The molecule has 0 aliphatic carbocycles. The molecule has 2 aliphatic heterocycles. The van der Waals surface area contributed by atoms with Gasteiger partial charge < -0.3 is 19.2 Å². The van der Waals surface area contributed by atoms with Crippen LogP contribution in [-0.4, -0.2) is 223 Å². The summed E-state index contributed by atoms with van der Waals surface area (Å²) in [5.74, 6) is 2.12. The summed E-state index contributed by atoms with van der Waals surface area (Å²) >= 11 is 0. The lowest BCUT2D eigenvalue weighted by atomic mass is 8.33. The van der Waals surface area contributed by atoms with Gasteiger partial charge in [0.2, 0.25) is 0 Å². The largest absolute Gasteiger partial charge is 0.497 e. The van der Waals surface area contributed by atoms with Crippen LogP contribution in [-0.2, 0) is 25.9 Å². The van der Waals surface area contributed by atoms with Crippen LogP contribution < -0.4 is 14.2 Å². The lowest BCUT2D eigenvalue weighted by Crippen LogP contribution is -2.86. The number of aryl methyl sites for hydroxylation is 1. The Labute approximate surface area is 435 Å². The van der Waals surface area contributed by atoms with E-state index in [4.69, 9.17) is 123 Å². The molecule has 0 bridgehead atoms. The first-order valence-electron chi connectivity index (χ1n) is 23.3. The molecule has 0 amide bonds. The minimum absolute atomic E-state index is 0.0329.